The van der Waals surface area contributed by atoms with E-state index in [2.05, 4.69) is 20.7 Å². The van der Waals surface area contributed by atoms with Gasteiger partial charge >= 0.3 is 0 Å². The summed E-state index contributed by atoms with van der Waals surface area (Å²) in [7, 11) is -6.70. The quantitative estimate of drug-likeness (QED) is 0.655. The average Bonchev–Trinajstić information content (AvgIpc) is 2.13. The van der Waals surface area contributed by atoms with Crippen LogP contribution in [0.15, 0.2) is 0 Å². The molecule has 1 N–H and O–H groups in total. The normalized spacial score (nSPS) is 14.9. The molecule has 16 heavy (non-hydrogen) atoms. The fraction of sp³-hybridized carbons (Fsp3) is 1.00. The van der Waals surface area contributed by atoms with Gasteiger partial charge in [0.15, 0.2) is 0 Å². The van der Waals surface area contributed by atoms with E-state index in [9.17, 15) is 16.8 Å². The second kappa shape index (κ2) is 6.93. The fourth-order valence-electron chi connectivity index (χ4n) is 0.908. The van der Waals surface area contributed by atoms with Crippen molar-refractivity contribution in [3.63, 3.8) is 0 Å². The van der Waals surface area contributed by atoms with Crippen molar-refractivity contribution in [3.05, 3.63) is 0 Å². The SMILES string of the molecule is CCC(Br)CCNS(=O)(=O)CCS(C)(=O)=O. The van der Waals surface area contributed by atoms with Gasteiger partial charge in [-0.15, -0.1) is 0 Å². The maximum Gasteiger partial charge on any atom is 0.212 e. The Morgan fingerprint density at radius 2 is 1.75 bits per heavy atom. The van der Waals surface area contributed by atoms with Gasteiger partial charge in [-0.25, -0.2) is 21.6 Å². The van der Waals surface area contributed by atoms with Gasteiger partial charge in [-0.1, -0.05) is 22.9 Å². The van der Waals surface area contributed by atoms with Crippen LogP contribution in [0.4, 0.5) is 0 Å². The number of rotatable bonds is 8. The molecular weight excluding hydrogens is 318 g/mol. The summed E-state index contributed by atoms with van der Waals surface area (Å²) in [6, 6.07) is 0. The number of sulfonamides is 1. The van der Waals surface area contributed by atoms with E-state index in [1.807, 2.05) is 6.92 Å². The second-order valence-corrected chi connectivity index (χ2v) is 9.12. The molecule has 98 valence electrons. The van der Waals surface area contributed by atoms with Gasteiger partial charge in [0.2, 0.25) is 10.0 Å². The lowest BCUT2D eigenvalue weighted by Gasteiger charge is -2.08. The van der Waals surface area contributed by atoms with Gasteiger partial charge < -0.3 is 0 Å². The molecule has 0 saturated heterocycles. The van der Waals surface area contributed by atoms with E-state index >= 15 is 0 Å². The summed E-state index contributed by atoms with van der Waals surface area (Å²) in [6.07, 6.45) is 2.63. The summed E-state index contributed by atoms with van der Waals surface area (Å²) in [6.45, 7) is 2.33. The van der Waals surface area contributed by atoms with Gasteiger partial charge in [-0.2, -0.15) is 0 Å². The molecule has 1 unspecified atom stereocenters. The summed E-state index contributed by atoms with van der Waals surface area (Å²) in [4.78, 5) is 0.283. The van der Waals surface area contributed by atoms with E-state index in [-0.39, 0.29) is 16.3 Å². The van der Waals surface area contributed by atoms with Gasteiger partial charge in [0.25, 0.3) is 0 Å². The Balaban J connectivity index is 3.98. The minimum Gasteiger partial charge on any atom is -0.229 e. The Labute approximate surface area is 106 Å². The highest BCUT2D eigenvalue weighted by molar-refractivity contribution is 9.09. The first-order chi connectivity index (χ1) is 7.16. The highest BCUT2D eigenvalue weighted by atomic mass is 79.9. The number of sulfone groups is 1. The van der Waals surface area contributed by atoms with Crippen LogP contribution < -0.4 is 4.72 Å². The summed E-state index contributed by atoms with van der Waals surface area (Å²) in [5.41, 5.74) is 0. The topological polar surface area (TPSA) is 80.3 Å². The molecule has 0 aromatic rings. The predicted octanol–water partition coefficient (Wildman–Crippen LogP) is 0.514. The molecule has 0 aromatic carbocycles. The first-order valence-corrected chi connectivity index (χ1v) is 9.58. The second-order valence-electron chi connectivity index (χ2n) is 3.64. The summed E-state index contributed by atoms with van der Waals surface area (Å²) >= 11 is 3.38. The lowest BCUT2D eigenvalue weighted by atomic mass is 10.2. The molecule has 0 amide bonds. The monoisotopic (exact) mass is 335 g/mol. The molecule has 5 nitrogen and oxygen atoms in total. The van der Waals surface area contributed by atoms with Crippen LogP contribution in [0.25, 0.3) is 0 Å². The van der Waals surface area contributed by atoms with Crippen molar-refractivity contribution in [2.75, 3.05) is 24.3 Å². The standard InChI is InChI=1S/C8H18BrNO4S2/c1-3-8(9)4-5-10-16(13,14)7-6-15(2,11)12/h8,10H,3-7H2,1-2H3. The van der Waals surface area contributed by atoms with E-state index in [1.54, 1.807) is 0 Å². The van der Waals surface area contributed by atoms with Crippen molar-refractivity contribution in [1.29, 1.82) is 0 Å². The van der Waals surface area contributed by atoms with E-state index < -0.39 is 19.9 Å². The molecule has 0 rings (SSSR count). The van der Waals surface area contributed by atoms with Gasteiger partial charge in [0.1, 0.15) is 9.84 Å². The zero-order valence-electron chi connectivity index (χ0n) is 9.44. The largest absolute Gasteiger partial charge is 0.229 e. The zero-order chi connectivity index (χ0) is 12.8. The van der Waals surface area contributed by atoms with Crippen LogP contribution in [0.1, 0.15) is 19.8 Å². The molecule has 0 aliphatic heterocycles. The molecule has 0 heterocycles. The predicted molar refractivity (Wildman–Crippen MR) is 69.1 cm³/mol. The summed E-state index contributed by atoms with van der Waals surface area (Å²) in [5.74, 6) is -0.710. The first-order valence-electron chi connectivity index (χ1n) is 4.95. The highest BCUT2D eigenvalue weighted by Crippen LogP contribution is 2.07. The molecule has 0 radical (unpaired) electrons. The van der Waals surface area contributed by atoms with Crippen LogP contribution in [-0.4, -0.2) is 46.0 Å². The third kappa shape index (κ3) is 9.56. The maximum atomic E-state index is 11.4. The minimum absolute atomic E-state index is 0.283. The van der Waals surface area contributed by atoms with Crippen molar-refractivity contribution < 1.29 is 16.8 Å². The molecule has 0 fully saturated rings. The van der Waals surface area contributed by atoms with Gasteiger partial charge in [-0.05, 0) is 12.8 Å². The van der Waals surface area contributed by atoms with Crippen LogP contribution in [0, 0.1) is 0 Å². The summed E-state index contributed by atoms with van der Waals surface area (Å²) in [5, 5.41) is 0. The Bertz CT molecular complexity index is 390. The van der Waals surface area contributed by atoms with Crippen LogP contribution in [0.5, 0.6) is 0 Å². The average molecular weight is 336 g/mol. The van der Waals surface area contributed by atoms with Gasteiger partial charge in [0.05, 0.1) is 11.5 Å². The number of hydrogen-bond donors (Lipinski definition) is 1. The fourth-order valence-corrected chi connectivity index (χ4v) is 3.80. The van der Waals surface area contributed by atoms with Crippen molar-refractivity contribution in [1.82, 2.24) is 4.72 Å². The number of halogens is 1. The number of alkyl halides is 1. The molecule has 1 atom stereocenters. The van der Waals surface area contributed by atoms with Crippen LogP contribution >= 0.6 is 15.9 Å². The Morgan fingerprint density at radius 1 is 1.19 bits per heavy atom. The Hall–Kier alpha value is 0.340. The van der Waals surface area contributed by atoms with Crippen molar-refractivity contribution in [2.45, 2.75) is 24.6 Å². The molecular formula is C8H18BrNO4S2. The smallest absolute Gasteiger partial charge is 0.212 e. The molecule has 0 spiro atoms. The van der Waals surface area contributed by atoms with Crippen LogP contribution in [0.2, 0.25) is 0 Å². The number of nitrogens with one attached hydrogen (secondary N) is 1. The Kier molecular flexibility index (Phi) is 7.07. The molecule has 8 heteroatoms. The van der Waals surface area contributed by atoms with E-state index in [1.165, 1.54) is 0 Å². The van der Waals surface area contributed by atoms with Crippen molar-refractivity contribution >= 4 is 35.8 Å². The van der Waals surface area contributed by atoms with Crippen molar-refractivity contribution in [2.24, 2.45) is 0 Å². The van der Waals surface area contributed by atoms with Gasteiger partial charge in [-0.3, -0.25) is 0 Å². The van der Waals surface area contributed by atoms with Crippen LogP contribution in [0.3, 0.4) is 0 Å². The third-order valence-corrected chi connectivity index (χ3v) is 5.64. The molecule has 0 bridgehead atoms. The van der Waals surface area contributed by atoms with E-state index in [0.717, 1.165) is 12.7 Å². The Morgan fingerprint density at radius 3 is 2.19 bits per heavy atom. The van der Waals surface area contributed by atoms with E-state index in [0.29, 0.717) is 13.0 Å². The van der Waals surface area contributed by atoms with E-state index in [4.69, 9.17) is 0 Å². The molecule has 0 saturated carbocycles. The highest BCUT2D eigenvalue weighted by Gasteiger charge is 2.14. The maximum absolute atomic E-state index is 11.4. The lowest BCUT2D eigenvalue weighted by molar-refractivity contribution is 0.575. The first kappa shape index (κ1) is 16.3. The lowest BCUT2D eigenvalue weighted by Crippen LogP contribution is -2.31. The van der Waals surface area contributed by atoms with Crippen molar-refractivity contribution in [3.8, 4) is 0 Å². The van der Waals surface area contributed by atoms with Gasteiger partial charge in [0, 0.05) is 17.6 Å². The minimum atomic E-state index is -3.47. The van der Waals surface area contributed by atoms with Crippen LogP contribution in [-0.2, 0) is 19.9 Å². The zero-order valence-corrected chi connectivity index (χ0v) is 12.7. The number of hydrogen-bond acceptors (Lipinski definition) is 4. The molecule has 0 aliphatic carbocycles. The third-order valence-electron chi connectivity index (χ3n) is 1.95. The summed E-state index contributed by atoms with van der Waals surface area (Å²) < 4.78 is 46.7. The molecule has 0 aromatic heterocycles. The molecule has 0 aliphatic rings.